The van der Waals surface area contributed by atoms with Gasteiger partial charge in [-0.05, 0) is 11.1 Å². The molecule has 5 nitrogen and oxygen atoms in total. The first-order chi connectivity index (χ1) is 8.56. The molecule has 0 saturated heterocycles. The van der Waals surface area contributed by atoms with Crippen molar-refractivity contribution in [2.75, 3.05) is 0 Å². The summed E-state index contributed by atoms with van der Waals surface area (Å²) in [5.41, 5.74) is 1.66. The third kappa shape index (κ3) is 2.68. The number of hydrogen-bond acceptors (Lipinski definition) is 2. The Hall–Kier alpha value is -2.30. The summed E-state index contributed by atoms with van der Waals surface area (Å²) in [5, 5.41) is 8.66. The van der Waals surface area contributed by atoms with Crippen LogP contribution in [0.15, 0.2) is 41.5 Å². The average molecular weight is 246 g/mol. The number of hydrogen-bond donors (Lipinski definition) is 1. The van der Waals surface area contributed by atoms with Gasteiger partial charge in [-0.2, -0.15) is 0 Å². The van der Waals surface area contributed by atoms with E-state index >= 15 is 0 Å². The Morgan fingerprint density at radius 1 is 1.17 bits per heavy atom. The number of benzene rings is 1. The topological polar surface area (TPSA) is 64.2 Å². The first-order valence-corrected chi connectivity index (χ1v) is 5.57. The number of carbonyl (C=O) groups is 1. The Morgan fingerprint density at radius 3 is 2.28 bits per heavy atom. The molecule has 0 aliphatic heterocycles. The number of carboxylic acid groups (broad SMARTS) is 1. The van der Waals surface area contributed by atoms with E-state index in [1.54, 1.807) is 36.1 Å². The molecule has 94 valence electrons. The summed E-state index contributed by atoms with van der Waals surface area (Å²) < 4.78 is 3.12. The second-order valence-corrected chi connectivity index (χ2v) is 4.21. The Balaban J connectivity index is 2.13. The van der Waals surface area contributed by atoms with E-state index in [1.807, 2.05) is 12.1 Å². The molecular formula is C13H14N2O3. The summed E-state index contributed by atoms with van der Waals surface area (Å²) >= 11 is 0. The van der Waals surface area contributed by atoms with Crippen LogP contribution in [0, 0.1) is 0 Å². The molecule has 1 aromatic carbocycles. The summed E-state index contributed by atoms with van der Waals surface area (Å²) in [6.07, 6.45) is 3.46. The van der Waals surface area contributed by atoms with E-state index in [1.165, 1.54) is 4.57 Å². The summed E-state index contributed by atoms with van der Waals surface area (Å²) in [6.45, 7) is 0.493. The maximum absolute atomic E-state index is 11.6. The zero-order chi connectivity index (χ0) is 13.1. The molecule has 0 fully saturated rings. The fourth-order valence-electron chi connectivity index (χ4n) is 1.76. The molecule has 0 aliphatic carbocycles. The molecule has 5 heteroatoms. The molecule has 1 aromatic heterocycles. The number of nitrogens with zero attached hydrogens (tertiary/aromatic N) is 2. The summed E-state index contributed by atoms with van der Waals surface area (Å²) in [6, 6.07) is 7.24. The lowest BCUT2D eigenvalue weighted by Gasteiger charge is -2.03. The van der Waals surface area contributed by atoms with Gasteiger partial charge in [0.05, 0.1) is 13.0 Å². The van der Waals surface area contributed by atoms with Gasteiger partial charge in [0.1, 0.15) is 0 Å². The predicted molar refractivity (Wildman–Crippen MR) is 66.6 cm³/mol. The van der Waals surface area contributed by atoms with Crippen LogP contribution < -0.4 is 5.69 Å². The molecule has 18 heavy (non-hydrogen) atoms. The monoisotopic (exact) mass is 246 g/mol. The predicted octanol–water partition coefficient (Wildman–Crippen LogP) is 0.862. The second-order valence-electron chi connectivity index (χ2n) is 4.21. The van der Waals surface area contributed by atoms with Crippen molar-refractivity contribution >= 4 is 5.97 Å². The van der Waals surface area contributed by atoms with E-state index in [2.05, 4.69) is 0 Å². The number of aliphatic carboxylic acids is 1. The number of carboxylic acids is 1. The minimum atomic E-state index is -0.845. The first-order valence-electron chi connectivity index (χ1n) is 5.57. The van der Waals surface area contributed by atoms with E-state index in [0.717, 1.165) is 11.1 Å². The lowest BCUT2D eigenvalue weighted by Crippen LogP contribution is -2.22. The van der Waals surface area contributed by atoms with Crippen LogP contribution in [0.2, 0.25) is 0 Å². The van der Waals surface area contributed by atoms with Gasteiger partial charge in [-0.3, -0.25) is 9.36 Å². The van der Waals surface area contributed by atoms with Gasteiger partial charge in [-0.15, -0.1) is 0 Å². The summed E-state index contributed by atoms with van der Waals surface area (Å²) in [4.78, 5) is 22.2. The second kappa shape index (κ2) is 4.91. The van der Waals surface area contributed by atoms with Crippen LogP contribution in [0.5, 0.6) is 0 Å². The van der Waals surface area contributed by atoms with Gasteiger partial charge in [-0.1, -0.05) is 24.3 Å². The van der Waals surface area contributed by atoms with Gasteiger partial charge in [-0.25, -0.2) is 4.79 Å². The average Bonchev–Trinajstić information content (AvgIpc) is 2.63. The lowest BCUT2D eigenvalue weighted by atomic mass is 10.1. The molecule has 2 rings (SSSR count). The molecule has 0 radical (unpaired) electrons. The van der Waals surface area contributed by atoms with Gasteiger partial charge in [0.25, 0.3) is 0 Å². The van der Waals surface area contributed by atoms with Crippen LogP contribution in [0.4, 0.5) is 0 Å². The van der Waals surface area contributed by atoms with Crippen molar-refractivity contribution in [3.05, 3.63) is 58.3 Å². The van der Waals surface area contributed by atoms with Crippen LogP contribution in [0.3, 0.4) is 0 Å². The molecule has 1 heterocycles. The molecule has 1 N–H and O–H groups in total. The molecular weight excluding hydrogens is 232 g/mol. The zero-order valence-corrected chi connectivity index (χ0v) is 10.0. The Kier molecular flexibility index (Phi) is 3.32. The van der Waals surface area contributed by atoms with Crippen molar-refractivity contribution in [1.29, 1.82) is 0 Å². The van der Waals surface area contributed by atoms with E-state index < -0.39 is 5.97 Å². The number of aromatic nitrogens is 2. The zero-order valence-electron chi connectivity index (χ0n) is 10.0. The van der Waals surface area contributed by atoms with Crippen LogP contribution in [0.1, 0.15) is 11.1 Å². The maximum atomic E-state index is 11.6. The van der Waals surface area contributed by atoms with E-state index in [-0.39, 0.29) is 12.1 Å². The van der Waals surface area contributed by atoms with Gasteiger partial charge in [0, 0.05) is 19.4 Å². The molecule has 0 saturated carbocycles. The fraction of sp³-hybridized carbons (Fsp3) is 0.231. The minimum Gasteiger partial charge on any atom is -0.481 e. The van der Waals surface area contributed by atoms with Gasteiger partial charge >= 0.3 is 11.7 Å². The fourth-order valence-corrected chi connectivity index (χ4v) is 1.76. The minimum absolute atomic E-state index is 0.0194. The van der Waals surface area contributed by atoms with Crippen LogP contribution in [0.25, 0.3) is 0 Å². The third-order valence-electron chi connectivity index (χ3n) is 2.75. The van der Waals surface area contributed by atoms with E-state index in [9.17, 15) is 9.59 Å². The van der Waals surface area contributed by atoms with Gasteiger partial charge in [0.2, 0.25) is 0 Å². The van der Waals surface area contributed by atoms with E-state index in [0.29, 0.717) is 6.54 Å². The quantitative estimate of drug-likeness (QED) is 0.870. The lowest BCUT2D eigenvalue weighted by molar-refractivity contribution is -0.136. The molecule has 0 unspecified atom stereocenters. The Bertz CT molecular complexity index is 608. The van der Waals surface area contributed by atoms with Gasteiger partial charge in [0.15, 0.2) is 0 Å². The highest BCUT2D eigenvalue weighted by atomic mass is 16.4. The van der Waals surface area contributed by atoms with Crippen LogP contribution in [-0.2, 0) is 24.8 Å². The number of imidazole rings is 1. The van der Waals surface area contributed by atoms with Crippen molar-refractivity contribution in [3.63, 3.8) is 0 Å². The highest BCUT2D eigenvalue weighted by molar-refractivity contribution is 5.70. The molecule has 0 aliphatic rings. The highest BCUT2D eigenvalue weighted by Crippen LogP contribution is 2.06. The normalized spacial score (nSPS) is 10.5. The van der Waals surface area contributed by atoms with E-state index in [4.69, 9.17) is 5.11 Å². The Morgan fingerprint density at radius 2 is 1.78 bits per heavy atom. The molecule has 0 spiro atoms. The van der Waals surface area contributed by atoms with Crippen molar-refractivity contribution in [3.8, 4) is 0 Å². The van der Waals surface area contributed by atoms with Crippen molar-refractivity contribution < 1.29 is 9.90 Å². The van der Waals surface area contributed by atoms with Crippen LogP contribution in [-0.4, -0.2) is 20.2 Å². The molecule has 0 amide bonds. The number of rotatable bonds is 4. The Labute approximate surface area is 104 Å². The SMILES string of the molecule is Cn1ccn(Cc2ccc(CC(=O)O)cc2)c1=O. The van der Waals surface area contributed by atoms with Gasteiger partial charge < -0.3 is 9.67 Å². The maximum Gasteiger partial charge on any atom is 0.328 e. The van der Waals surface area contributed by atoms with Crippen molar-refractivity contribution in [2.24, 2.45) is 7.05 Å². The highest BCUT2D eigenvalue weighted by Gasteiger charge is 2.03. The van der Waals surface area contributed by atoms with Crippen molar-refractivity contribution in [2.45, 2.75) is 13.0 Å². The summed E-state index contributed by atoms with van der Waals surface area (Å²) in [5.74, 6) is -0.845. The standard InChI is InChI=1S/C13H14N2O3/c1-14-6-7-15(13(14)18)9-11-4-2-10(3-5-11)8-12(16)17/h2-7H,8-9H2,1H3,(H,16,17). The third-order valence-corrected chi connectivity index (χ3v) is 2.75. The smallest absolute Gasteiger partial charge is 0.328 e. The molecule has 0 bridgehead atoms. The van der Waals surface area contributed by atoms with Crippen LogP contribution >= 0.6 is 0 Å². The molecule has 0 atom stereocenters. The number of aryl methyl sites for hydroxylation is 1. The summed E-state index contributed by atoms with van der Waals surface area (Å²) in [7, 11) is 1.70. The molecule has 2 aromatic rings. The first kappa shape index (κ1) is 12.2. The largest absolute Gasteiger partial charge is 0.481 e. The van der Waals surface area contributed by atoms with Crippen molar-refractivity contribution in [1.82, 2.24) is 9.13 Å².